The van der Waals surface area contributed by atoms with Crippen molar-refractivity contribution < 1.29 is 4.74 Å². The minimum absolute atomic E-state index is 0.530. The Hall–Kier alpha value is -0.640. The van der Waals surface area contributed by atoms with E-state index in [9.17, 15) is 0 Å². The van der Waals surface area contributed by atoms with Crippen LogP contribution in [0.15, 0.2) is 18.3 Å². The van der Waals surface area contributed by atoms with Gasteiger partial charge in [-0.05, 0) is 49.9 Å². The summed E-state index contributed by atoms with van der Waals surface area (Å²) in [6, 6.07) is 3.75. The molecule has 1 aromatic heterocycles. The normalized spacial score (nSPS) is 20.4. The van der Waals surface area contributed by atoms with E-state index in [0.29, 0.717) is 11.8 Å². The molecular formula is C13H19ClN2O. The Kier molecular flexibility index (Phi) is 5.23. The van der Waals surface area contributed by atoms with E-state index in [4.69, 9.17) is 16.3 Å². The number of hydrogen-bond acceptors (Lipinski definition) is 3. The molecule has 0 radical (unpaired) electrons. The van der Waals surface area contributed by atoms with Gasteiger partial charge in [-0.15, -0.1) is 0 Å². The summed E-state index contributed by atoms with van der Waals surface area (Å²) in [7, 11) is 0. The highest BCUT2D eigenvalue weighted by molar-refractivity contribution is 6.29. The SMILES string of the molecule is Clc1ccc(COCCC2CCCNC2)cn1. The van der Waals surface area contributed by atoms with Gasteiger partial charge in [0, 0.05) is 12.8 Å². The summed E-state index contributed by atoms with van der Waals surface area (Å²) in [6.45, 7) is 3.78. The molecule has 0 amide bonds. The Labute approximate surface area is 108 Å². The second-order valence-corrected chi connectivity index (χ2v) is 4.93. The van der Waals surface area contributed by atoms with Crippen molar-refractivity contribution in [3.63, 3.8) is 0 Å². The van der Waals surface area contributed by atoms with Crippen LogP contribution in [-0.2, 0) is 11.3 Å². The van der Waals surface area contributed by atoms with E-state index in [1.54, 1.807) is 12.3 Å². The van der Waals surface area contributed by atoms with Gasteiger partial charge in [0.15, 0.2) is 0 Å². The van der Waals surface area contributed by atoms with Gasteiger partial charge in [0.2, 0.25) is 0 Å². The van der Waals surface area contributed by atoms with Crippen LogP contribution in [0.1, 0.15) is 24.8 Å². The monoisotopic (exact) mass is 254 g/mol. The van der Waals surface area contributed by atoms with Gasteiger partial charge in [0.25, 0.3) is 0 Å². The van der Waals surface area contributed by atoms with Gasteiger partial charge in [-0.25, -0.2) is 4.98 Å². The molecule has 0 saturated carbocycles. The quantitative estimate of drug-likeness (QED) is 0.648. The summed E-state index contributed by atoms with van der Waals surface area (Å²) in [5.41, 5.74) is 1.08. The minimum Gasteiger partial charge on any atom is -0.377 e. The van der Waals surface area contributed by atoms with Crippen molar-refractivity contribution in [1.29, 1.82) is 0 Å². The lowest BCUT2D eigenvalue weighted by molar-refractivity contribution is 0.103. The molecule has 3 nitrogen and oxygen atoms in total. The smallest absolute Gasteiger partial charge is 0.129 e. The predicted molar refractivity (Wildman–Crippen MR) is 69.1 cm³/mol. The van der Waals surface area contributed by atoms with Gasteiger partial charge in [0.1, 0.15) is 5.15 Å². The van der Waals surface area contributed by atoms with Crippen molar-refractivity contribution in [3.8, 4) is 0 Å². The van der Waals surface area contributed by atoms with Gasteiger partial charge in [-0.2, -0.15) is 0 Å². The fraction of sp³-hybridized carbons (Fsp3) is 0.615. The fourth-order valence-electron chi connectivity index (χ4n) is 2.10. The third-order valence-corrected chi connectivity index (χ3v) is 3.35. The molecule has 0 aliphatic carbocycles. The number of nitrogens with one attached hydrogen (secondary N) is 1. The molecular weight excluding hydrogens is 236 g/mol. The molecule has 94 valence electrons. The maximum absolute atomic E-state index is 5.72. The largest absolute Gasteiger partial charge is 0.377 e. The molecule has 1 aromatic rings. The highest BCUT2D eigenvalue weighted by Crippen LogP contribution is 2.14. The number of aromatic nitrogens is 1. The first-order valence-corrected chi connectivity index (χ1v) is 6.61. The first kappa shape index (κ1) is 12.8. The third-order valence-electron chi connectivity index (χ3n) is 3.13. The lowest BCUT2D eigenvalue weighted by Crippen LogP contribution is -2.30. The Morgan fingerprint density at radius 2 is 2.41 bits per heavy atom. The number of pyridine rings is 1. The molecule has 0 spiro atoms. The number of ether oxygens (including phenoxy) is 1. The molecule has 1 fully saturated rings. The van der Waals surface area contributed by atoms with E-state index in [1.807, 2.05) is 6.07 Å². The molecule has 1 aliphatic rings. The lowest BCUT2D eigenvalue weighted by atomic mass is 9.97. The van der Waals surface area contributed by atoms with Crippen LogP contribution in [0.3, 0.4) is 0 Å². The Balaban J connectivity index is 1.60. The number of hydrogen-bond donors (Lipinski definition) is 1. The molecule has 0 bridgehead atoms. The highest BCUT2D eigenvalue weighted by atomic mass is 35.5. The number of nitrogens with zero attached hydrogens (tertiary/aromatic N) is 1. The topological polar surface area (TPSA) is 34.1 Å². The first-order valence-electron chi connectivity index (χ1n) is 6.23. The van der Waals surface area contributed by atoms with Gasteiger partial charge < -0.3 is 10.1 Å². The molecule has 1 aliphatic heterocycles. The van der Waals surface area contributed by atoms with Crippen LogP contribution in [0.2, 0.25) is 5.15 Å². The maximum atomic E-state index is 5.72. The van der Waals surface area contributed by atoms with Crippen LogP contribution in [0.4, 0.5) is 0 Å². The lowest BCUT2D eigenvalue weighted by Gasteiger charge is -2.22. The zero-order valence-corrected chi connectivity index (χ0v) is 10.7. The highest BCUT2D eigenvalue weighted by Gasteiger charge is 2.12. The molecule has 4 heteroatoms. The van der Waals surface area contributed by atoms with Crippen molar-refractivity contribution in [1.82, 2.24) is 10.3 Å². The van der Waals surface area contributed by atoms with Crippen LogP contribution in [0.5, 0.6) is 0 Å². The maximum Gasteiger partial charge on any atom is 0.129 e. The van der Waals surface area contributed by atoms with E-state index in [1.165, 1.54) is 19.4 Å². The fourth-order valence-corrected chi connectivity index (χ4v) is 2.21. The zero-order chi connectivity index (χ0) is 11.9. The average molecular weight is 255 g/mol. The second kappa shape index (κ2) is 6.94. The first-order chi connectivity index (χ1) is 8.34. The Bertz CT molecular complexity index is 323. The van der Waals surface area contributed by atoms with Crippen LogP contribution in [-0.4, -0.2) is 24.7 Å². The van der Waals surface area contributed by atoms with Gasteiger partial charge in [-0.1, -0.05) is 17.7 Å². The van der Waals surface area contributed by atoms with E-state index < -0.39 is 0 Å². The minimum atomic E-state index is 0.530. The molecule has 1 unspecified atom stereocenters. The molecule has 2 rings (SSSR count). The van der Waals surface area contributed by atoms with Crippen molar-refractivity contribution in [2.75, 3.05) is 19.7 Å². The Morgan fingerprint density at radius 1 is 1.47 bits per heavy atom. The van der Waals surface area contributed by atoms with E-state index >= 15 is 0 Å². The molecule has 0 aromatic carbocycles. The van der Waals surface area contributed by atoms with Gasteiger partial charge in [0.05, 0.1) is 6.61 Å². The van der Waals surface area contributed by atoms with E-state index in [2.05, 4.69) is 10.3 Å². The number of rotatable bonds is 5. The summed E-state index contributed by atoms with van der Waals surface area (Å²) in [4.78, 5) is 4.02. The van der Waals surface area contributed by atoms with Gasteiger partial charge >= 0.3 is 0 Å². The van der Waals surface area contributed by atoms with E-state index in [-0.39, 0.29) is 0 Å². The summed E-state index contributed by atoms with van der Waals surface area (Å²) < 4.78 is 5.65. The number of piperidine rings is 1. The molecule has 2 heterocycles. The molecule has 1 atom stereocenters. The second-order valence-electron chi connectivity index (χ2n) is 4.54. The standard InChI is InChI=1S/C13H19ClN2O/c14-13-4-3-12(9-16-13)10-17-7-5-11-2-1-6-15-8-11/h3-4,9,11,15H,1-2,5-8,10H2. The molecule has 1 N–H and O–H groups in total. The van der Waals surface area contributed by atoms with Crippen molar-refractivity contribution in [2.24, 2.45) is 5.92 Å². The summed E-state index contributed by atoms with van der Waals surface area (Å²) in [5.74, 6) is 0.784. The van der Waals surface area contributed by atoms with Crippen molar-refractivity contribution in [2.45, 2.75) is 25.9 Å². The van der Waals surface area contributed by atoms with Crippen LogP contribution in [0, 0.1) is 5.92 Å². The summed E-state index contributed by atoms with van der Waals surface area (Å²) >= 11 is 5.72. The molecule has 1 saturated heterocycles. The molecule has 17 heavy (non-hydrogen) atoms. The summed E-state index contributed by atoms with van der Waals surface area (Å²) in [6.07, 6.45) is 5.54. The average Bonchev–Trinajstić information content (AvgIpc) is 2.38. The third kappa shape index (κ3) is 4.62. The Morgan fingerprint density at radius 3 is 3.12 bits per heavy atom. The van der Waals surface area contributed by atoms with Crippen molar-refractivity contribution in [3.05, 3.63) is 29.0 Å². The van der Waals surface area contributed by atoms with Gasteiger partial charge in [-0.3, -0.25) is 0 Å². The number of halogens is 1. The van der Waals surface area contributed by atoms with Crippen LogP contribution < -0.4 is 5.32 Å². The summed E-state index contributed by atoms with van der Waals surface area (Å²) in [5, 5.41) is 3.95. The van der Waals surface area contributed by atoms with Crippen LogP contribution in [0.25, 0.3) is 0 Å². The predicted octanol–water partition coefficient (Wildman–Crippen LogP) is 2.64. The zero-order valence-electron chi connectivity index (χ0n) is 9.99. The van der Waals surface area contributed by atoms with E-state index in [0.717, 1.165) is 31.1 Å². The van der Waals surface area contributed by atoms with Crippen LogP contribution >= 0.6 is 11.6 Å². The van der Waals surface area contributed by atoms with Crippen molar-refractivity contribution >= 4 is 11.6 Å².